The Kier molecular flexibility index (Phi) is 3.38. The van der Waals surface area contributed by atoms with Crippen molar-refractivity contribution in [1.82, 2.24) is 0 Å². The van der Waals surface area contributed by atoms with Gasteiger partial charge in [-0.2, -0.15) is 0 Å². The first-order chi connectivity index (χ1) is 9.72. The molecule has 0 atom stereocenters. The first kappa shape index (κ1) is 13.0. The Labute approximate surface area is 117 Å². The molecule has 2 aromatic rings. The highest BCUT2D eigenvalue weighted by Gasteiger charge is 2.23. The fourth-order valence-corrected chi connectivity index (χ4v) is 2.19. The lowest BCUT2D eigenvalue weighted by Crippen LogP contribution is -2.07. The van der Waals surface area contributed by atoms with E-state index in [2.05, 4.69) is 0 Å². The van der Waals surface area contributed by atoms with Crippen molar-refractivity contribution in [2.24, 2.45) is 0 Å². The van der Waals surface area contributed by atoms with Crippen molar-refractivity contribution in [3.8, 4) is 11.5 Å². The van der Waals surface area contributed by atoms with Crippen LogP contribution in [0.5, 0.6) is 11.5 Å². The van der Waals surface area contributed by atoms with Gasteiger partial charge in [-0.05, 0) is 25.7 Å². The molecule has 1 aliphatic rings. The van der Waals surface area contributed by atoms with E-state index in [1.165, 1.54) is 13.2 Å². The van der Waals surface area contributed by atoms with Crippen molar-refractivity contribution in [2.45, 2.75) is 0 Å². The summed E-state index contributed by atoms with van der Waals surface area (Å²) in [5.74, 6) is 2.42. The summed E-state index contributed by atoms with van der Waals surface area (Å²) in [5, 5.41) is 0.420. The fraction of sp³-hybridized carbons (Fsp3) is 0.125. The molecule has 1 aliphatic carbocycles. The third-order valence-corrected chi connectivity index (χ3v) is 3.17. The zero-order valence-corrected chi connectivity index (χ0v) is 11.2. The Balaban J connectivity index is 2.21. The summed E-state index contributed by atoms with van der Waals surface area (Å²) in [6.45, 7) is 0. The minimum Gasteiger partial charge on any atom is -0.496 e. The van der Waals surface area contributed by atoms with Gasteiger partial charge in [0.1, 0.15) is 28.2 Å². The van der Waals surface area contributed by atoms with E-state index in [1.807, 2.05) is 25.7 Å². The maximum Gasteiger partial charge on any atom is 0.196 e. The molecule has 1 aromatic heterocycles. The van der Waals surface area contributed by atoms with Gasteiger partial charge in [0.2, 0.25) is 0 Å². The molecule has 0 bridgehead atoms. The Morgan fingerprint density at radius 3 is 2.40 bits per heavy atom. The minimum absolute atomic E-state index is 0.137. The van der Waals surface area contributed by atoms with Crippen molar-refractivity contribution >= 4 is 11.0 Å². The largest absolute Gasteiger partial charge is 0.496 e. The lowest BCUT2D eigenvalue weighted by Gasteiger charge is -2.11. The van der Waals surface area contributed by atoms with Gasteiger partial charge in [0, 0.05) is 24.1 Å². The maximum absolute atomic E-state index is 12.3. The second kappa shape index (κ2) is 5.19. The van der Waals surface area contributed by atoms with Crippen molar-refractivity contribution in [1.29, 1.82) is 0 Å². The lowest BCUT2D eigenvalue weighted by atomic mass is 10.0. The van der Waals surface area contributed by atoms with Crippen LogP contribution in [-0.2, 0) is 0 Å². The van der Waals surface area contributed by atoms with Crippen LogP contribution in [0, 0.1) is 31.6 Å². The number of rotatable bonds is 3. The lowest BCUT2D eigenvalue weighted by molar-refractivity contribution is 0.396. The molecular weight excluding hydrogens is 256 g/mol. The molecule has 1 aromatic carbocycles. The number of fused-ring (bicyclic) bond motifs is 1. The van der Waals surface area contributed by atoms with Crippen LogP contribution >= 0.6 is 0 Å². The molecule has 1 fully saturated rings. The van der Waals surface area contributed by atoms with Crippen molar-refractivity contribution < 1.29 is 13.9 Å². The zero-order chi connectivity index (χ0) is 14.1. The van der Waals surface area contributed by atoms with Crippen molar-refractivity contribution in [2.75, 3.05) is 14.2 Å². The second-order valence-corrected chi connectivity index (χ2v) is 4.35. The van der Waals surface area contributed by atoms with Crippen LogP contribution in [0.4, 0.5) is 0 Å². The zero-order valence-electron chi connectivity index (χ0n) is 11.2. The number of hydrogen-bond donors (Lipinski definition) is 0. The van der Waals surface area contributed by atoms with Gasteiger partial charge < -0.3 is 13.9 Å². The van der Waals surface area contributed by atoms with Gasteiger partial charge in [0.15, 0.2) is 5.43 Å². The first-order valence-electron chi connectivity index (χ1n) is 6.15. The molecule has 1 saturated carbocycles. The Hall–Kier alpha value is -1.97. The van der Waals surface area contributed by atoms with Gasteiger partial charge in [-0.3, -0.25) is 4.79 Å². The van der Waals surface area contributed by atoms with E-state index in [0.717, 1.165) is 5.92 Å². The SMILES string of the molecule is COc1cc(OC)c2c(=O)cc([C]3[CH][CH][CH][CH]3)oc2c1. The number of methoxy groups -OCH3 is 2. The van der Waals surface area contributed by atoms with E-state index >= 15 is 0 Å². The molecule has 0 unspecified atom stereocenters. The molecule has 1 heterocycles. The second-order valence-electron chi connectivity index (χ2n) is 4.35. The molecule has 0 spiro atoms. The Morgan fingerprint density at radius 2 is 1.75 bits per heavy atom. The molecule has 101 valence electrons. The molecule has 20 heavy (non-hydrogen) atoms. The number of ether oxygens (including phenoxy) is 2. The van der Waals surface area contributed by atoms with E-state index in [4.69, 9.17) is 13.9 Å². The summed E-state index contributed by atoms with van der Waals surface area (Å²) in [7, 11) is 3.07. The third-order valence-electron chi connectivity index (χ3n) is 3.17. The highest BCUT2D eigenvalue weighted by molar-refractivity contribution is 5.85. The summed E-state index contributed by atoms with van der Waals surface area (Å²) < 4.78 is 16.2. The van der Waals surface area contributed by atoms with Crippen LogP contribution in [0.2, 0.25) is 0 Å². The molecule has 3 rings (SSSR count). The predicted molar refractivity (Wildman–Crippen MR) is 75.1 cm³/mol. The summed E-state index contributed by atoms with van der Waals surface area (Å²) in [6, 6.07) is 4.83. The van der Waals surface area contributed by atoms with Gasteiger partial charge in [-0.25, -0.2) is 0 Å². The number of benzene rings is 1. The van der Waals surface area contributed by atoms with Crippen LogP contribution < -0.4 is 14.9 Å². The van der Waals surface area contributed by atoms with E-state index in [0.29, 0.717) is 28.2 Å². The van der Waals surface area contributed by atoms with Gasteiger partial charge in [-0.1, -0.05) is 0 Å². The van der Waals surface area contributed by atoms with Gasteiger partial charge in [0.25, 0.3) is 0 Å². The monoisotopic (exact) mass is 269 g/mol. The standard InChI is InChI=1S/C16H13O4/c1-18-11-7-14(19-2)16-12(17)9-13(20-15(16)8-11)10-5-3-4-6-10/h3-9H,1-2H3. The molecule has 0 saturated heterocycles. The Morgan fingerprint density at radius 1 is 1.00 bits per heavy atom. The summed E-state index contributed by atoms with van der Waals surface area (Å²) in [4.78, 5) is 12.3. The van der Waals surface area contributed by atoms with Crippen LogP contribution in [0.3, 0.4) is 0 Å². The summed E-state index contributed by atoms with van der Waals surface area (Å²) in [5.41, 5.74) is 0.312. The van der Waals surface area contributed by atoms with Crippen LogP contribution in [0.1, 0.15) is 5.76 Å². The van der Waals surface area contributed by atoms with E-state index in [9.17, 15) is 4.79 Å². The molecular formula is C16H13O4. The minimum atomic E-state index is -0.137. The number of hydrogen-bond acceptors (Lipinski definition) is 4. The Bertz CT molecular complexity index is 681. The van der Waals surface area contributed by atoms with E-state index < -0.39 is 0 Å². The van der Waals surface area contributed by atoms with Crippen LogP contribution in [-0.4, -0.2) is 14.2 Å². The quantitative estimate of drug-likeness (QED) is 0.859. The highest BCUT2D eigenvalue weighted by atomic mass is 16.5. The molecule has 5 radical (unpaired) electrons. The summed E-state index contributed by atoms with van der Waals surface area (Å²) >= 11 is 0. The van der Waals surface area contributed by atoms with Gasteiger partial charge >= 0.3 is 0 Å². The molecule has 0 aliphatic heterocycles. The van der Waals surface area contributed by atoms with Gasteiger partial charge in [-0.15, -0.1) is 0 Å². The average Bonchev–Trinajstić information content (AvgIpc) is 2.99. The molecule has 4 heteroatoms. The first-order valence-corrected chi connectivity index (χ1v) is 6.15. The molecule has 0 amide bonds. The van der Waals surface area contributed by atoms with Crippen molar-refractivity contribution in [3.05, 3.63) is 65.8 Å². The van der Waals surface area contributed by atoms with Crippen LogP contribution in [0.15, 0.2) is 27.4 Å². The highest BCUT2D eigenvalue weighted by Crippen LogP contribution is 2.34. The molecule has 4 nitrogen and oxygen atoms in total. The molecule has 0 N–H and O–H groups in total. The van der Waals surface area contributed by atoms with Crippen molar-refractivity contribution in [3.63, 3.8) is 0 Å². The van der Waals surface area contributed by atoms with E-state index in [-0.39, 0.29) is 5.43 Å². The maximum atomic E-state index is 12.3. The normalized spacial score (nSPS) is 15.7. The third kappa shape index (κ3) is 2.15. The topological polar surface area (TPSA) is 48.7 Å². The fourth-order valence-electron chi connectivity index (χ4n) is 2.19. The predicted octanol–water partition coefficient (Wildman–Crippen LogP) is 2.56. The smallest absolute Gasteiger partial charge is 0.196 e. The van der Waals surface area contributed by atoms with Crippen LogP contribution in [0.25, 0.3) is 11.0 Å². The summed E-state index contributed by atoms with van der Waals surface area (Å²) in [6.07, 6.45) is 7.57. The van der Waals surface area contributed by atoms with Gasteiger partial charge in [0.05, 0.1) is 14.2 Å². The van der Waals surface area contributed by atoms with E-state index in [1.54, 1.807) is 19.2 Å². The average molecular weight is 269 g/mol.